The predicted octanol–water partition coefficient (Wildman–Crippen LogP) is 1.43. The molecule has 0 heterocycles. The van der Waals surface area contributed by atoms with Gasteiger partial charge in [-0.2, -0.15) is 0 Å². The summed E-state index contributed by atoms with van der Waals surface area (Å²) in [5.74, 6) is 0.551. The third-order valence-corrected chi connectivity index (χ3v) is 4.22. The fraction of sp³-hybridized carbons (Fsp3) is 0.875. The molecule has 0 aromatic carbocycles. The van der Waals surface area contributed by atoms with Gasteiger partial charge in [-0.05, 0) is 24.2 Å². The van der Waals surface area contributed by atoms with Crippen molar-refractivity contribution < 1.29 is 9.59 Å². The van der Waals surface area contributed by atoms with E-state index in [2.05, 4.69) is 36.7 Å². The zero-order valence-electron chi connectivity index (χ0n) is 13.9. The predicted molar refractivity (Wildman–Crippen MR) is 84.9 cm³/mol. The average molecular weight is 297 g/mol. The van der Waals surface area contributed by atoms with Crippen molar-refractivity contribution >= 4 is 11.8 Å². The van der Waals surface area contributed by atoms with Gasteiger partial charge in [0, 0.05) is 26.1 Å². The van der Waals surface area contributed by atoms with Crippen molar-refractivity contribution in [2.24, 2.45) is 11.3 Å². The van der Waals surface area contributed by atoms with Gasteiger partial charge in [0.05, 0.1) is 6.54 Å². The summed E-state index contributed by atoms with van der Waals surface area (Å²) < 4.78 is 0. The van der Waals surface area contributed by atoms with Crippen molar-refractivity contribution in [3.8, 4) is 0 Å². The Labute approximate surface area is 128 Å². The Kier molecular flexibility index (Phi) is 7.15. The van der Waals surface area contributed by atoms with Crippen LogP contribution in [0.4, 0.5) is 0 Å². The van der Waals surface area contributed by atoms with Crippen LogP contribution in [-0.4, -0.2) is 37.5 Å². The molecule has 0 aromatic heterocycles. The lowest BCUT2D eigenvalue weighted by Gasteiger charge is -2.40. The monoisotopic (exact) mass is 297 g/mol. The highest BCUT2D eigenvalue weighted by Gasteiger charge is 2.33. The highest BCUT2D eigenvalue weighted by molar-refractivity contribution is 5.78. The molecule has 21 heavy (non-hydrogen) atoms. The summed E-state index contributed by atoms with van der Waals surface area (Å²) in [6.45, 7) is 9.64. The summed E-state index contributed by atoms with van der Waals surface area (Å²) in [4.78, 5) is 22.5. The highest BCUT2D eigenvalue weighted by atomic mass is 16.2. The zero-order chi connectivity index (χ0) is 15.9. The summed E-state index contributed by atoms with van der Waals surface area (Å²) in [6.07, 6.45) is 4.93. The van der Waals surface area contributed by atoms with E-state index in [0.29, 0.717) is 31.6 Å². The Morgan fingerprint density at radius 3 is 2.29 bits per heavy atom. The van der Waals surface area contributed by atoms with Crippen LogP contribution in [0.5, 0.6) is 0 Å². The fourth-order valence-electron chi connectivity index (χ4n) is 3.14. The Morgan fingerprint density at radius 2 is 1.67 bits per heavy atom. The molecule has 1 rings (SSSR count). The second kappa shape index (κ2) is 8.37. The van der Waals surface area contributed by atoms with E-state index in [0.717, 1.165) is 6.42 Å². The van der Waals surface area contributed by atoms with Crippen molar-refractivity contribution in [1.29, 1.82) is 0 Å². The summed E-state index contributed by atoms with van der Waals surface area (Å²) in [6, 6.07) is 0.430. The van der Waals surface area contributed by atoms with Gasteiger partial charge in [-0.15, -0.1) is 0 Å². The molecule has 1 fully saturated rings. The van der Waals surface area contributed by atoms with E-state index in [4.69, 9.17) is 0 Å². The molecule has 1 aliphatic carbocycles. The molecule has 0 bridgehead atoms. The minimum atomic E-state index is -0.0717. The van der Waals surface area contributed by atoms with Gasteiger partial charge in [0.25, 0.3) is 0 Å². The van der Waals surface area contributed by atoms with Gasteiger partial charge in [-0.3, -0.25) is 9.59 Å². The minimum Gasteiger partial charge on any atom is -0.355 e. The molecule has 0 saturated heterocycles. The van der Waals surface area contributed by atoms with Crippen molar-refractivity contribution in [3.05, 3.63) is 0 Å². The van der Waals surface area contributed by atoms with Crippen molar-refractivity contribution in [1.82, 2.24) is 16.0 Å². The SMILES string of the molecule is CC(=O)NCCNC(=O)CN[C@@H]1CCCC[C@@H]1C(C)(C)C. The molecule has 2 amide bonds. The van der Waals surface area contributed by atoms with E-state index in [9.17, 15) is 9.59 Å². The maximum atomic E-state index is 11.8. The Bertz CT molecular complexity index is 350. The summed E-state index contributed by atoms with van der Waals surface area (Å²) in [7, 11) is 0. The minimum absolute atomic E-state index is 0.00131. The Morgan fingerprint density at radius 1 is 1.05 bits per heavy atom. The van der Waals surface area contributed by atoms with Gasteiger partial charge in [-0.25, -0.2) is 0 Å². The van der Waals surface area contributed by atoms with Gasteiger partial charge < -0.3 is 16.0 Å². The summed E-state index contributed by atoms with van der Waals surface area (Å²) in [5, 5.41) is 8.90. The molecule has 5 heteroatoms. The van der Waals surface area contributed by atoms with Crippen LogP contribution in [0.25, 0.3) is 0 Å². The number of rotatable bonds is 6. The lowest BCUT2D eigenvalue weighted by atomic mass is 9.69. The van der Waals surface area contributed by atoms with E-state index in [-0.39, 0.29) is 17.2 Å². The second-order valence-electron chi connectivity index (χ2n) is 7.08. The van der Waals surface area contributed by atoms with Crippen LogP contribution in [0, 0.1) is 11.3 Å². The molecule has 2 atom stereocenters. The molecule has 0 aliphatic heterocycles. The average Bonchev–Trinajstić information content (AvgIpc) is 2.40. The van der Waals surface area contributed by atoms with Gasteiger partial charge >= 0.3 is 0 Å². The van der Waals surface area contributed by atoms with Gasteiger partial charge in [0.1, 0.15) is 0 Å². The number of nitrogens with one attached hydrogen (secondary N) is 3. The fourth-order valence-corrected chi connectivity index (χ4v) is 3.14. The number of hydrogen-bond acceptors (Lipinski definition) is 3. The van der Waals surface area contributed by atoms with Crippen molar-refractivity contribution in [3.63, 3.8) is 0 Å². The third kappa shape index (κ3) is 6.93. The van der Waals surface area contributed by atoms with Crippen molar-refractivity contribution in [2.75, 3.05) is 19.6 Å². The van der Waals surface area contributed by atoms with Crippen LogP contribution in [0.15, 0.2) is 0 Å². The first-order valence-corrected chi connectivity index (χ1v) is 8.05. The largest absolute Gasteiger partial charge is 0.355 e. The van der Waals surface area contributed by atoms with E-state index < -0.39 is 0 Å². The quantitative estimate of drug-likeness (QED) is 0.650. The van der Waals surface area contributed by atoms with Crippen molar-refractivity contribution in [2.45, 2.75) is 59.4 Å². The standard InChI is InChI=1S/C16H31N3O2/c1-12(20)17-9-10-18-15(21)11-19-14-8-6-5-7-13(14)16(2,3)4/h13-14,19H,5-11H2,1-4H3,(H,17,20)(H,18,21)/t13-,14+/m0/s1. The Balaban J connectivity index is 2.28. The van der Waals surface area contributed by atoms with Crippen LogP contribution in [-0.2, 0) is 9.59 Å². The number of carbonyl (C=O) groups is 2. The molecule has 3 N–H and O–H groups in total. The normalized spacial score (nSPS) is 22.7. The molecule has 1 saturated carbocycles. The zero-order valence-corrected chi connectivity index (χ0v) is 13.9. The smallest absolute Gasteiger partial charge is 0.234 e. The summed E-state index contributed by atoms with van der Waals surface area (Å²) in [5.41, 5.74) is 0.278. The van der Waals surface area contributed by atoms with E-state index >= 15 is 0 Å². The van der Waals surface area contributed by atoms with Gasteiger partial charge in [-0.1, -0.05) is 33.6 Å². The van der Waals surface area contributed by atoms with Gasteiger partial charge in [0.15, 0.2) is 0 Å². The molecule has 0 aromatic rings. The topological polar surface area (TPSA) is 70.2 Å². The van der Waals surface area contributed by atoms with E-state index in [1.165, 1.54) is 26.2 Å². The maximum Gasteiger partial charge on any atom is 0.234 e. The number of hydrogen-bond donors (Lipinski definition) is 3. The molecule has 5 nitrogen and oxygen atoms in total. The van der Waals surface area contributed by atoms with Crippen LogP contribution in [0.1, 0.15) is 53.4 Å². The molecule has 0 unspecified atom stereocenters. The lowest BCUT2D eigenvalue weighted by molar-refractivity contribution is -0.121. The van der Waals surface area contributed by atoms with Crippen LogP contribution in [0.3, 0.4) is 0 Å². The molecule has 1 aliphatic rings. The van der Waals surface area contributed by atoms with Crippen LogP contribution >= 0.6 is 0 Å². The van der Waals surface area contributed by atoms with E-state index in [1.807, 2.05) is 0 Å². The van der Waals surface area contributed by atoms with Crippen LogP contribution < -0.4 is 16.0 Å². The Hall–Kier alpha value is -1.10. The molecule has 122 valence electrons. The number of carbonyl (C=O) groups excluding carboxylic acids is 2. The molecular weight excluding hydrogens is 266 g/mol. The lowest BCUT2D eigenvalue weighted by Crippen LogP contribution is -2.48. The second-order valence-corrected chi connectivity index (χ2v) is 7.08. The first kappa shape index (κ1) is 18.0. The number of amides is 2. The third-order valence-electron chi connectivity index (χ3n) is 4.22. The van der Waals surface area contributed by atoms with Crippen LogP contribution in [0.2, 0.25) is 0 Å². The van der Waals surface area contributed by atoms with Gasteiger partial charge in [0.2, 0.25) is 11.8 Å². The first-order chi connectivity index (χ1) is 9.80. The highest BCUT2D eigenvalue weighted by Crippen LogP contribution is 2.37. The molecular formula is C16H31N3O2. The summed E-state index contributed by atoms with van der Waals surface area (Å²) >= 11 is 0. The molecule has 0 radical (unpaired) electrons. The molecule has 0 spiro atoms. The first-order valence-electron chi connectivity index (χ1n) is 8.05. The van der Waals surface area contributed by atoms with E-state index in [1.54, 1.807) is 0 Å². The maximum absolute atomic E-state index is 11.8.